The third kappa shape index (κ3) is 6.10. The zero-order valence-corrected chi connectivity index (χ0v) is 18.0. The number of furan rings is 1. The number of likely N-dealkylation sites (tertiary alicyclic amines) is 1. The number of hydrogen-bond acceptors (Lipinski definition) is 4. The van der Waals surface area contributed by atoms with Gasteiger partial charge in [0.1, 0.15) is 5.76 Å². The number of carbonyl (C=O) groups excluding carboxylic acids is 1. The zero-order valence-electron chi connectivity index (χ0n) is 18.0. The lowest BCUT2D eigenvalue weighted by Crippen LogP contribution is -2.39. The largest absolute Gasteiger partial charge is 0.468 e. The molecule has 0 bridgehead atoms. The standard InChI is InChI=1S/C23H33N5O2/c1-3-25-23(26-12-11-18-8-6-9-19(16-18)22(29)24-2)27-17-20(21-10-7-15-30-21)28-13-4-5-14-28/h6-10,15-16,20H,3-5,11-14,17H2,1-2H3,(H,24,29)(H2,25,26,27). The number of hydrogen-bond donors (Lipinski definition) is 3. The first-order chi connectivity index (χ1) is 14.7. The summed E-state index contributed by atoms with van der Waals surface area (Å²) in [5.41, 5.74) is 1.80. The Morgan fingerprint density at radius 3 is 2.73 bits per heavy atom. The SMILES string of the molecule is CCNC(=NCC(c1ccco1)N1CCCC1)NCCc1cccc(C(=O)NC)c1. The third-order valence-electron chi connectivity index (χ3n) is 5.34. The molecule has 1 atom stereocenters. The summed E-state index contributed by atoms with van der Waals surface area (Å²) in [7, 11) is 1.65. The summed E-state index contributed by atoms with van der Waals surface area (Å²) in [4.78, 5) is 19.1. The third-order valence-corrected chi connectivity index (χ3v) is 5.34. The summed E-state index contributed by atoms with van der Waals surface area (Å²) in [5.74, 6) is 1.71. The Kier molecular flexibility index (Phi) is 8.32. The molecular weight excluding hydrogens is 378 g/mol. The second-order valence-electron chi connectivity index (χ2n) is 7.45. The fourth-order valence-electron chi connectivity index (χ4n) is 3.78. The van der Waals surface area contributed by atoms with E-state index in [4.69, 9.17) is 9.41 Å². The van der Waals surface area contributed by atoms with Gasteiger partial charge in [-0.3, -0.25) is 14.7 Å². The Labute approximate surface area is 178 Å². The Morgan fingerprint density at radius 1 is 1.20 bits per heavy atom. The van der Waals surface area contributed by atoms with E-state index in [9.17, 15) is 4.79 Å². The van der Waals surface area contributed by atoms with Crippen molar-refractivity contribution in [3.05, 3.63) is 59.5 Å². The highest BCUT2D eigenvalue weighted by atomic mass is 16.3. The maximum absolute atomic E-state index is 11.8. The minimum atomic E-state index is -0.0643. The van der Waals surface area contributed by atoms with Crippen molar-refractivity contribution >= 4 is 11.9 Å². The van der Waals surface area contributed by atoms with Gasteiger partial charge in [0.05, 0.1) is 18.8 Å². The molecule has 3 rings (SSSR count). The lowest BCUT2D eigenvalue weighted by Gasteiger charge is -2.24. The number of amides is 1. The average molecular weight is 412 g/mol. The van der Waals surface area contributed by atoms with Crippen molar-refractivity contribution in [2.45, 2.75) is 32.2 Å². The molecule has 0 saturated carbocycles. The first kappa shape index (κ1) is 21.9. The van der Waals surface area contributed by atoms with E-state index < -0.39 is 0 Å². The van der Waals surface area contributed by atoms with Crippen molar-refractivity contribution in [1.82, 2.24) is 20.9 Å². The van der Waals surface area contributed by atoms with Gasteiger partial charge in [-0.2, -0.15) is 0 Å². The fraction of sp³-hybridized carbons (Fsp3) is 0.478. The van der Waals surface area contributed by atoms with E-state index in [1.807, 2.05) is 36.4 Å². The van der Waals surface area contributed by atoms with Crippen molar-refractivity contribution in [3.63, 3.8) is 0 Å². The van der Waals surface area contributed by atoms with E-state index in [0.29, 0.717) is 12.1 Å². The average Bonchev–Trinajstić information content (AvgIpc) is 3.48. The molecule has 7 heteroatoms. The maximum Gasteiger partial charge on any atom is 0.251 e. The van der Waals surface area contributed by atoms with Crippen molar-refractivity contribution in [2.75, 3.05) is 39.8 Å². The number of nitrogens with one attached hydrogen (secondary N) is 3. The first-order valence-electron chi connectivity index (χ1n) is 10.8. The second-order valence-corrected chi connectivity index (χ2v) is 7.45. The van der Waals surface area contributed by atoms with Crippen molar-refractivity contribution in [1.29, 1.82) is 0 Å². The second kappa shape index (κ2) is 11.4. The number of rotatable bonds is 9. The van der Waals surface area contributed by atoms with Gasteiger partial charge >= 0.3 is 0 Å². The molecule has 162 valence electrons. The summed E-state index contributed by atoms with van der Waals surface area (Å²) in [6.07, 6.45) is 5.00. The van der Waals surface area contributed by atoms with Gasteiger partial charge in [0.2, 0.25) is 0 Å². The molecule has 1 fully saturated rings. The normalized spacial score (nSPS) is 15.7. The number of benzene rings is 1. The van der Waals surface area contributed by atoms with Gasteiger partial charge in [0.15, 0.2) is 5.96 Å². The first-order valence-corrected chi connectivity index (χ1v) is 10.8. The molecule has 1 aliphatic rings. The predicted molar refractivity (Wildman–Crippen MR) is 120 cm³/mol. The molecule has 1 aliphatic heterocycles. The highest BCUT2D eigenvalue weighted by Crippen LogP contribution is 2.25. The van der Waals surface area contributed by atoms with Crippen LogP contribution in [-0.4, -0.2) is 56.5 Å². The van der Waals surface area contributed by atoms with Crippen LogP contribution in [-0.2, 0) is 6.42 Å². The van der Waals surface area contributed by atoms with Crippen molar-refractivity contribution < 1.29 is 9.21 Å². The van der Waals surface area contributed by atoms with Gasteiger partial charge in [-0.15, -0.1) is 0 Å². The highest BCUT2D eigenvalue weighted by molar-refractivity contribution is 5.94. The van der Waals surface area contributed by atoms with Crippen LogP contribution >= 0.6 is 0 Å². The van der Waals surface area contributed by atoms with Crippen LogP contribution in [0.3, 0.4) is 0 Å². The molecule has 1 aromatic carbocycles. The maximum atomic E-state index is 11.8. The topological polar surface area (TPSA) is 81.9 Å². The van der Waals surface area contributed by atoms with E-state index in [0.717, 1.165) is 49.9 Å². The van der Waals surface area contributed by atoms with Crippen LogP contribution in [0.2, 0.25) is 0 Å². The summed E-state index contributed by atoms with van der Waals surface area (Å²) < 4.78 is 5.69. The van der Waals surface area contributed by atoms with Crippen LogP contribution in [0.5, 0.6) is 0 Å². The molecule has 1 saturated heterocycles. The van der Waals surface area contributed by atoms with E-state index in [-0.39, 0.29) is 11.9 Å². The summed E-state index contributed by atoms with van der Waals surface area (Å²) in [5, 5.41) is 9.40. The lowest BCUT2D eigenvalue weighted by atomic mass is 10.1. The number of guanidine groups is 1. The molecule has 0 spiro atoms. The molecule has 30 heavy (non-hydrogen) atoms. The summed E-state index contributed by atoms with van der Waals surface area (Å²) >= 11 is 0. The Morgan fingerprint density at radius 2 is 2.03 bits per heavy atom. The Hall–Kier alpha value is -2.80. The minimum Gasteiger partial charge on any atom is -0.468 e. The van der Waals surface area contributed by atoms with Gasteiger partial charge in [-0.1, -0.05) is 12.1 Å². The van der Waals surface area contributed by atoms with Crippen molar-refractivity contribution in [3.8, 4) is 0 Å². The zero-order chi connectivity index (χ0) is 21.2. The molecule has 7 nitrogen and oxygen atoms in total. The minimum absolute atomic E-state index is 0.0643. The monoisotopic (exact) mass is 411 g/mol. The van der Waals surface area contributed by atoms with Crippen LogP contribution in [0.4, 0.5) is 0 Å². The molecule has 2 aromatic rings. The van der Waals surface area contributed by atoms with E-state index in [1.165, 1.54) is 12.8 Å². The smallest absolute Gasteiger partial charge is 0.251 e. The van der Waals surface area contributed by atoms with Crippen LogP contribution in [0.15, 0.2) is 52.1 Å². The van der Waals surface area contributed by atoms with Gasteiger partial charge in [-0.05, 0) is 69.1 Å². The highest BCUT2D eigenvalue weighted by Gasteiger charge is 2.25. The van der Waals surface area contributed by atoms with Crippen LogP contribution in [0.25, 0.3) is 0 Å². The van der Waals surface area contributed by atoms with E-state index in [2.05, 4.69) is 27.8 Å². The van der Waals surface area contributed by atoms with Gasteiger partial charge in [0.25, 0.3) is 5.91 Å². The quantitative estimate of drug-likeness (QED) is 0.436. The lowest BCUT2D eigenvalue weighted by molar-refractivity contribution is 0.0963. The molecule has 2 heterocycles. The summed E-state index contributed by atoms with van der Waals surface area (Å²) in [6, 6.07) is 11.9. The number of nitrogens with zero attached hydrogens (tertiary/aromatic N) is 2. The number of carbonyl (C=O) groups is 1. The molecule has 1 amide bonds. The number of aliphatic imine (C=N–C) groups is 1. The molecular formula is C23H33N5O2. The molecule has 3 N–H and O–H groups in total. The van der Waals surface area contributed by atoms with Gasteiger partial charge in [-0.25, -0.2) is 0 Å². The van der Waals surface area contributed by atoms with Crippen LogP contribution < -0.4 is 16.0 Å². The molecule has 1 unspecified atom stereocenters. The summed E-state index contributed by atoms with van der Waals surface area (Å²) in [6.45, 7) is 6.42. The van der Waals surface area contributed by atoms with Crippen LogP contribution in [0.1, 0.15) is 47.5 Å². The van der Waals surface area contributed by atoms with E-state index in [1.54, 1.807) is 13.3 Å². The molecule has 0 aliphatic carbocycles. The Balaban J connectivity index is 1.59. The fourth-order valence-corrected chi connectivity index (χ4v) is 3.78. The van der Waals surface area contributed by atoms with Gasteiger partial charge in [0, 0.05) is 25.7 Å². The van der Waals surface area contributed by atoms with Crippen LogP contribution in [0, 0.1) is 0 Å². The molecule has 0 radical (unpaired) electrons. The predicted octanol–water partition coefficient (Wildman–Crippen LogP) is 2.57. The molecule has 1 aromatic heterocycles. The Bertz CT molecular complexity index is 813. The van der Waals surface area contributed by atoms with Gasteiger partial charge < -0.3 is 20.4 Å². The van der Waals surface area contributed by atoms with Crippen molar-refractivity contribution in [2.24, 2.45) is 4.99 Å². The van der Waals surface area contributed by atoms with E-state index >= 15 is 0 Å².